The molecule has 2 heterocycles. The van der Waals surface area contributed by atoms with Gasteiger partial charge in [0.15, 0.2) is 0 Å². The minimum absolute atomic E-state index is 0.728. The lowest BCUT2D eigenvalue weighted by atomic mass is 10.0. The Morgan fingerprint density at radius 2 is 2.32 bits per heavy atom. The molecular weight excluding hydrogens is 236 g/mol. The van der Waals surface area contributed by atoms with Crippen LogP contribution in [0.3, 0.4) is 0 Å². The lowest BCUT2D eigenvalue weighted by Gasteiger charge is -2.26. The van der Waals surface area contributed by atoms with Crippen LogP contribution in [-0.2, 0) is 13.1 Å². The number of likely N-dealkylation sites (tertiary alicyclic amines) is 1. The summed E-state index contributed by atoms with van der Waals surface area (Å²) in [7, 11) is 0. The largest absolute Gasteiger partial charge is 0.468 e. The molecule has 1 unspecified atom stereocenters. The molecule has 1 saturated heterocycles. The predicted octanol–water partition coefficient (Wildman–Crippen LogP) is 3.40. The average Bonchev–Trinajstić information content (AvgIpc) is 2.99. The van der Waals surface area contributed by atoms with Crippen LogP contribution in [0.5, 0.6) is 0 Å². The van der Waals surface area contributed by atoms with Crippen LogP contribution < -0.4 is 5.32 Å². The van der Waals surface area contributed by atoms with Crippen molar-refractivity contribution >= 4 is 0 Å². The minimum Gasteiger partial charge on any atom is -0.468 e. The summed E-state index contributed by atoms with van der Waals surface area (Å²) in [6.45, 7) is 11.0. The van der Waals surface area contributed by atoms with E-state index in [1.165, 1.54) is 31.4 Å². The third-order valence-corrected chi connectivity index (χ3v) is 4.01. The van der Waals surface area contributed by atoms with Crippen molar-refractivity contribution in [3.63, 3.8) is 0 Å². The van der Waals surface area contributed by atoms with E-state index < -0.39 is 0 Å². The van der Waals surface area contributed by atoms with Gasteiger partial charge in [0.1, 0.15) is 5.76 Å². The molecule has 0 bridgehead atoms. The van der Waals surface area contributed by atoms with Crippen molar-refractivity contribution in [1.29, 1.82) is 0 Å². The van der Waals surface area contributed by atoms with E-state index in [9.17, 15) is 0 Å². The number of nitrogens with one attached hydrogen (secondary N) is 1. The second-order valence-electron chi connectivity index (χ2n) is 6.02. The molecule has 0 amide bonds. The predicted molar refractivity (Wildman–Crippen MR) is 79.0 cm³/mol. The summed E-state index contributed by atoms with van der Waals surface area (Å²) in [5.74, 6) is 1.85. The van der Waals surface area contributed by atoms with Crippen molar-refractivity contribution in [1.82, 2.24) is 10.2 Å². The lowest BCUT2D eigenvalue weighted by Crippen LogP contribution is -2.32. The highest BCUT2D eigenvalue weighted by Crippen LogP contribution is 2.25. The van der Waals surface area contributed by atoms with Crippen LogP contribution in [-0.4, -0.2) is 24.0 Å². The van der Waals surface area contributed by atoms with Crippen LogP contribution in [0.4, 0.5) is 0 Å². The van der Waals surface area contributed by atoms with Gasteiger partial charge in [0, 0.05) is 18.2 Å². The Kier molecular flexibility index (Phi) is 5.46. The summed E-state index contributed by atoms with van der Waals surface area (Å²) in [5, 5.41) is 3.41. The molecule has 1 aliphatic rings. The van der Waals surface area contributed by atoms with Crippen LogP contribution in [0.15, 0.2) is 16.7 Å². The molecule has 1 aliphatic heterocycles. The van der Waals surface area contributed by atoms with Crippen molar-refractivity contribution in [2.45, 2.75) is 59.2 Å². The van der Waals surface area contributed by atoms with Crippen molar-refractivity contribution in [2.75, 3.05) is 13.1 Å². The Labute approximate surface area is 117 Å². The number of hydrogen-bond donors (Lipinski definition) is 1. The molecule has 1 atom stereocenters. The third-order valence-electron chi connectivity index (χ3n) is 4.01. The van der Waals surface area contributed by atoms with E-state index in [-0.39, 0.29) is 0 Å². The first-order valence-corrected chi connectivity index (χ1v) is 7.71. The normalized spacial score (nSPS) is 20.5. The summed E-state index contributed by atoms with van der Waals surface area (Å²) in [4.78, 5) is 2.58. The van der Waals surface area contributed by atoms with Crippen LogP contribution in [0.1, 0.15) is 51.4 Å². The zero-order valence-corrected chi connectivity index (χ0v) is 12.6. The average molecular weight is 264 g/mol. The Hall–Kier alpha value is -0.800. The SMILES string of the molecule is CCCNCc1coc(CN2CCCC2C(C)C)c1. The van der Waals surface area contributed by atoms with Crippen LogP contribution in [0, 0.1) is 5.92 Å². The fraction of sp³-hybridized carbons (Fsp3) is 0.750. The van der Waals surface area contributed by atoms with Gasteiger partial charge < -0.3 is 9.73 Å². The highest BCUT2D eigenvalue weighted by atomic mass is 16.3. The first-order chi connectivity index (χ1) is 9.20. The molecule has 3 heteroatoms. The summed E-state index contributed by atoms with van der Waals surface area (Å²) in [5.41, 5.74) is 1.27. The van der Waals surface area contributed by atoms with Gasteiger partial charge in [0.2, 0.25) is 0 Å². The quantitative estimate of drug-likeness (QED) is 0.765. The number of nitrogens with zero attached hydrogens (tertiary/aromatic N) is 1. The molecule has 19 heavy (non-hydrogen) atoms. The van der Waals surface area contributed by atoms with Crippen molar-refractivity contribution < 1.29 is 4.42 Å². The highest BCUT2D eigenvalue weighted by Gasteiger charge is 2.27. The zero-order chi connectivity index (χ0) is 13.7. The van der Waals surface area contributed by atoms with E-state index in [0.717, 1.165) is 37.4 Å². The fourth-order valence-corrected chi connectivity index (χ4v) is 3.01. The number of rotatable bonds is 7. The molecule has 1 fully saturated rings. The maximum atomic E-state index is 5.70. The molecular formula is C16H28N2O. The molecule has 0 aliphatic carbocycles. The van der Waals surface area contributed by atoms with E-state index >= 15 is 0 Å². The van der Waals surface area contributed by atoms with E-state index in [1.807, 2.05) is 6.26 Å². The van der Waals surface area contributed by atoms with Gasteiger partial charge in [-0.1, -0.05) is 20.8 Å². The second-order valence-corrected chi connectivity index (χ2v) is 6.02. The van der Waals surface area contributed by atoms with E-state index in [2.05, 4.69) is 37.1 Å². The van der Waals surface area contributed by atoms with Gasteiger partial charge in [0.25, 0.3) is 0 Å². The topological polar surface area (TPSA) is 28.4 Å². The van der Waals surface area contributed by atoms with Crippen molar-refractivity contribution in [2.24, 2.45) is 5.92 Å². The van der Waals surface area contributed by atoms with Crippen LogP contribution >= 0.6 is 0 Å². The van der Waals surface area contributed by atoms with Gasteiger partial charge in [-0.25, -0.2) is 0 Å². The van der Waals surface area contributed by atoms with E-state index in [1.54, 1.807) is 0 Å². The molecule has 0 aromatic carbocycles. The van der Waals surface area contributed by atoms with Gasteiger partial charge in [-0.05, 0) is 44.3 Å². The standard InChI is InChI=1S/C16H28N2O/c1-4-7-17-10-14-9-15(19-12-14)11-18-8-5-6-16(18)13(2)3/h9,12-13,16-17H,4-8,10-11H2,1-3H3. The summed E-state index contributed by atoms with van der Waals surface area (Å²) < 4.78 is 5.70. The number of hydrogen-bond acceptors (Lipinski definition) is 3. The third kappa shape index (κ3) is 4.08. The molecule has 3 nitrogen and oxygen atoms in total. The van der Waals surface area contributed by atoms with Crippen molar-refractivity contribution in [3.8, 4) is 0 Å². The molecule has 0 radical (unpaired) electrons. The van der Waals surface area contributed by atoms with Crippen molar-refractivity contribution in [3.05, 3.63) is 23.7 Å². The lowest BCUT2D eigenvalue weighted by molar-refractivity contribution is 0.185. The maximum absolute atomic E-state index is 5.70. The van der Waals surface area contributed by atoms with E-state index in [0.29, 0.717) is 0 Å². The maximum Gasteiger partial charge on any atom is 0.118 e. The molecule has 108 valence electrons. The van der Waals surface area contributed by atoms with Gasteiger partial charge >= 0.3 is 0 Å². The van der Waals surface area contributed by atoms with Gasteiger partial charge in [-0.15, -0.1) is 0 Å². The van der Waals surface area contributed by atoms with Gasteiger partial charge in [0.05, 0.1) is 12.8 Å². The Morgan fingerprint density at radius 3 is 3.05 bits per heavy atom. The summed E-state index contributed by atoms with van der Waals surface area (Å²) in [6, 6.07) is 2.94. The molecule has 1 aromatic heterocycles. The van der Waals surface area contributed by atoms with Crippen LogP contribution in [0.2, 0.25) is 0 Å². The molecule has 0 saturated carbocycles. The molecule has 1 N–H and O–H groups in total. The molecule has 2 rings (SSSR count). The highest BCUT2D eigenvalue weighted by molar-refractivity contribution is 5.13. The molecule has 0 spiro atoms. The Morgan fingerprint density at radius 1 is 1.47 bits per heavy atom. The van der Waals surface area contributed by atoms with Gasteiger partial charge in [-0.3, -0.25) is 4.90 Å². The Balaban J connectivity index is 1.85. The molecule has 1 aromatic rings. The first-order valence-electron chi connectivity index (χ1n) is 7.71. The first kappa shape index (κ1) is 14.6. The number of furan rings is 1. The zero-order valence-electron chi connectivity index (χ0n) is 12.6. The van der Waals surface area contributed by atoms with Crippen LogP contribution in [0.25, 0.3) is 0 Å². The Bertz CT molecular complexity index is 373. The summed E-state index contributed by atoms with van der Waals surface area (Å²) >= 11 is 0. The summed E-state index contributed by atoms with van der Waals surface area (Å²) in [6.07, 6.45) is 5.74. The second kappa shape index (κ2) is 7.11. The minimum atomic E-state index is 0.728. The van der Waals surface area contributed by atoms with E-state index in [4.69, 9.17) is 4.42 Å². The monoisotopic (exact) mass is 264 g/mol. The smallest absolute Gasteiger partial charge is 0.118 e. The fourth-order valence-electron chi connectivity index (χ4n) is 3.01. The van der Waals surface area contributed by atoms with Gasteiger partial charge in [-0.2, -0.15) is 0 Å².